The van der Waals surface area contributed by atoms with Gasteiger partial charge in [0.2, 0.25) is 11.8 Å². The molecule has 3 amide bonds. The third kappa shape index (κ3) is 5.81. The third-order valence-corrected chi connectivity index (χ3v) is 7.43. The Kier molecular flexibility index (Phi) is 8.14. The van der Waals surface area contributed by atoms with Crippen molar-refractivity contribution >= 4 is 29.5 Å². The highest BCUT2D eigenvalue weighted by Gasteiger charge is 2.43. The minimum absolute atomic E-state index is 0.0307. The van der Waals surface area contributed by atoms with Crippen molar-refractivity contribution in [3.05, 3.63) is 64.9 Å². The second-order valence-corrected chi connectivity index (χ2v) is 9.79. The fourth-order valence-electron chi connectivity index (χ4n) is 5.18. The number of carbonyl (C=O) groups is 3. The number of halogens is 2. The molecule has 0 spiro atoms. The Morgan fingerprint density at radius 3 is 2.22 bits per heavy atom. The van der Waals surface area contributed by atoms with Crippen molar-refractivity contribution in [1.82, 2.24) is 14.7 Å². The van der Waals surface area contributed by atoms with Crippen LogP contribution in [-0.4, -0.2) is 71.4 Å². The van der Waals surface area contributed by atoms with Crippen LogP contribution in [0.25, 0.3) is 0 Å². The van der Waals surface area contributed by atoms with Crippen LogP contribution in [0.15, 0.2) is 48.5 Å². The quantitative estimate of drug-likeness (QED) is 0.585. The average molecular weight is 516 g/mol. The number of carbonyl (C=O) groups excluding carboxylic acids is 3. The van der Waals surface area contributed by atoms with Crippen molar-refractivity contribution in [3.8, 4) is 5.75 Å². The number of hydrogen-bond donors (Lipinski definition) is 0. The molecular weight excluding hydrogens is 485 g/mol. The summed E-state index contributed by atoms with van der Waals surface area (Å²) in [5.41, 5.74) is 0.985. The lowest BCUT2D eigenvalue weighted by atomic mass is 9.93. The molecule has 0 N–H and O–H groups in total. The van der Waals surface area contributed by atoms with Crippen molar-refractivity contribution in [2.75, 3.05) is 32.7 Å². The molecule has 2 heterocycles. The van der Waals surface area contributed by atoms with E-state index in [0.29, 0.717) is 50.6 Å². The van der Waals surface area contributed by atoms with E-state index in [4.69, 9.17) is 16.3 Å². The second kappa shape index (κ2) is 11.3. The smallest absolute Gasteiger partial charge is 0.410 e. The van der Waals surface area contributed by atoms with Gasteiger partial charge in [-0.15, -0.1) is 0 Å². The first-order chi connectivity index (χ1) is 17.3. The summed E-state index contributed by atoms with van der Waals surface area (Å²) in [6.45, 7) is 5.81. The molecule has 36 heavy (non-hydrogen) atoms. The summed E-state index contributed by atoms with van der Waals surface area (Å²) in [5.74, 6) is -0.336. The maximum Gasteiger partial charge on any atom is 0.415 e. The lowest BCUT2D eigenvalue weighted by Gasteiger charge is -2.33. The molecule has 192 valence electrons. The number of hydrogen-bond acceptors (Lipinski definition) is 4. The zero-order chi connectivity index (χ0) is 25.8. The first kappa shape index (κ1) is 25.9. The Balaban J connectivity index is 1.53. The highest BCUT2D eigenvalue weighted by Crippen LogP contribution is 2.34. The number of likely N-dealkylation sites (N-methyl/N-ethyl adjacent to an activating group) is 1. The van der Waals surface area contributed by atoms with E-state index in [-0.39, 0.29) is 35.4 Å². The normalized spacial score (nSPS) is 20.3. The van der Waals surface area contributed by atoms with Gasteiger partial charge in [-0.2, -0.15) is 0 Å². The zero-order valence-corrected chi connectivity index (χ0v) is 21.3. The van der Waals surface area contributed by atoms with E-state index >= 15 is 0 Å². The molecule has 0 saturated carbocycles. The first-order valence-corrected chi connectivity index (χ1v) is 12.7. The summed E-state index contributed by atoms with van der Waals surface area (Å²) in [6.07, 6.45) is 0.724. The molecule has 2 aromatic rings. The number of likely N-dealkylation sites (tertiary alicyclic amines) is 2. The van der Waals surface area contributed by atoms with Gasteiger partial charge >= 0.3 is 6.09 Å². The topological polar surface area (TPSA) is 70.2 Å². The summed E-state index contributed by atoms with van der Waals surface area (Å²) in [4.78, 5) is 43.6. The average Bonchev–Trinajstić information content (AvgIpc) is 3.31. The van der Waals surface area contributed by atoms with Crippen molar-refractivity contribution in [1.29, 1.82) is 0 Å². The molecule has 0 aliphatic carbocycles. The van der Waals surface area contributed by atoms with Gasteiger partial charge in [0.15, 0.2) is 0 Å². The van der Waals surface area contributed by atoms with Crippen molar-refractivity contribution in [2.45, 2.75) is 38.6 Å². The molecule has 9 heteroatoms. The highest BCUT2D eigenvalue weighted by molar-refractivity contribution is 6.30. The summed E-state index contributed by atoms with van der Waals surface area (Å²) in [5, 5.41) is 0.613. The van der Waals surface area contributed by atoms with Crippen LogP contribution in [0.4, 0.5) is 9.18 Å². The van der Waals surface area contributed by atoms with Gasteiger partial charge in [-0.25, -0.2) is 9.18 Å². The van der Waals surface area contributed by atoms with Gasteiger partial charge in [-0.05, 0) is 61.7 Å². The van der Waals surface area contributed by atoms with E-state index in [1.54, 1.807) is 16.7 Å². The van der Waals surface area contributed by atoms with Crippen LogP contribution < -0.4 is 4.74 Å². The monoisotopic (exact) mass is 515 g/mol. The fraction of sp³-hybridized carbons (Fsp3) is 0.444. The molecule has 7 nitrogen and oxygen atoms in total. The number of amides is 3. The van der Waals surface area contributed by atoms with Gasteiger partial charge in [0.05, 0.1) is 6.04 Å². The molecule has 0 radical (unpaired) electrons. The summed E-state index contributed by atoms with van der Waals surface area (Å²) in [7, 11) is 0. The van der Waals surface area contributed by atoms with Crippen LogP contribution in [0.3, 0.4) is 0 Å². The van der Waals surface area contributed by atoms with Crippen LogP contribution in [0, 0.1) is 11.7 Å². The third-order valence-electron chi connectivity index (χ3n) is 7.18. The minimum Gasteiger partial charge on any atom is -0.410 e. The van der Waals surface area contributed by atoms with Crippen LogP contribution in [-0.2, 0) is 9.59 Å². The van der Waals surface area contributed by atoms with E-state index in [1.165, 1.54) is 24.3 Å². The number of ether oxygens (including phenoxy) is 1. The molecule has 0 bridgehead atoms. The predicted molar refractivity (Wildman–Crippen MR) is 134 cm³/mol. The van der Waals surface area contributed by atoms with Gasteiger partial charge in [0.1, 0.15) is 11.6 Å². The van der Waals surface area contributed by atoms with Crippen molar-refractivity contribution < 1.29 is 23.5 Å². The lowest BCUT2D eigenvalue weighted by Crippen LogP contribution is -2.47. The summed E-state index contributed by atoms with van der Waals surface area (Å²) >= 11 is 6.11. The molecular formula is C27H31ClFN3O4. The van der Waals surface area contributed by atoms with Crippen LogP contribution in [0.5, 0.6) is 5.75 Å². The Morgan fingerprint density at radius 1 is 1.00 bits per heavy atom. The Bertz CT molecular complexity index is 1090. The Labute approximate surface area is 215 Å². The minimum atomic E-state index is -0.544. The molecule has 0 aromatic heterocycles. The first-order valence-electron chi connectivity index (χ1n) is 12.3. The summed E-state index contributed by atoms with van der Waals surface area (Å²) < 4.78 is 18.8. The second-order valence-electron chi connectivity index (χ2n) is 9.36. The standard InChI is InChI=1S/C27H31ClFN3O4/c1-3-32(27(35)36-23-10-8-22(29)9-11-23)25-17-31(16-24(25)19-4-6-21(28)7-5-19)26(34)20-12-14-30(15-13-20)18(2)33/h4-11,20,24-25H,3,12-17H2,1-2H3/t24-,25+/m0/s1. The van der Waals surface area contributed by atoms with Crippen LogP contribution >= 0.6 is 11.6 Å². The SMILES string of the molecule is CCN(C(=O)Oc1ccc(F)cc1)[C@@H]1CN(C(=O)C2CCN(C(C)=O)CC2)C[C@H]1c1ccc(Cl)cc1. The number of piperidine rings is 1. The molecule has 2 aliphatic heterocycles. The lowest BCUT2D eigenvalue weighted by molar-refractivity contribution is -0.139. The molecule has 2 aliphatic rings. The van der Waals surface area contributed by atoms with Crippen LogP contribution in [0.1, 0.15) is 38.2 Å². The predicted octanol–water partition coefficient (Wildman–Crippen LogP) is 4.55. The van der Waals surface area contributed by atoms with E-state index in [1.807, 2.05) is 36.1 Å². The van der Waals surface area contributed by atoms with Gasteiger partial charge in [-0.3, -0.25) is 9.59 Å². The van der Waals surface area contributed by atoms with Crippen molar-refractivity contribution in [2.24, 2.45) is 5.92 Å². The maximum atomic E-state index is 13.5. The van der Waals surface area contributed by atoms with E-state index < -0.39 is 11.9 Å². The number of rotatable bonds is 5. The van der Waals surface area contributed by atoms with E-state index in [9.17, 15) is 18.8 Å². The molecule has 2 atom stereocenters. The van der Waals surface area contributed by atoms with Gasteiger partial charge in [0.25, 0.3) is 0 Å². The summed E-state index contributed by atoms with van der Waals surface area (Å²) in [6, 6.07) is 12.5. The molecule has 2 aromatic carbocycles. The molecule has 4 rings (SSSR count). The van der Waals surface area contributed by atoms with E-state index in [0.717, 1.165) is 5.56 Å². The van der Waals surface area contributed by atoms with Gasteiger partial charge in [-0.1, -0.05) is 23.7 Å². The molecule has 0 unspecified atom stereocenters. The largest absolute Gasteiger partial charge is 0.415 e. The Morgan fingerprint density at radius 2 is 1.64 bits per heavy atom. The molecule has 2 fully saturated rings. The van der Waals surface area contributed by atoms with E-state index in [2.05, 4.69) is 0 Å². The Hall–Kier alpha value is -3.13. The van der Waals surface area contributed by atoms with Gasteiger partial charge in [0, 0.05) is 56.5 Å². The fourth-order valence-corrected chi connectivity index (χ4v) is 5.31. The number of nitrogens with zero attached hydrogens (tertiary/aromatic N) is 3. The van der Waals surface area contributed by atoms with Crippen molar-refractivity contribution in [3.63, 3.8) is 0 Å². The molecule has 2 saturated heterocycles. The highest BCUT2D eigenvalue weighted by atomic mass is 35.5. The maximum absolute atomic E-state index is 13.5. The number of benzene rings is 2. The van der Waals surface area contributed by atoms with Crippen LogP contribution in [0.2, 0.25) is 5.02 Å². The zero-order valence-electron chi connectivity index (χ0n) is 20.5. The van der Waals surface area contributed by atoms with Gasteiger partial charge < -0.3 is 19.4 Å².